The molecule has 1 amide bonds. The van der Waals surface area contributed by atoms with Crippen molar-refractivity contribution in [3.05, 3.63) is 70.5 Å². The predicted molar refractivity (Wildman–Crippen MR) is 134 cm³/mol. The highest BCUT2D eigenvalue weighted by Gasteiger charge is 2.19. The van der Waals surface area contributed by atoms with Crippen LogP contribution < -0.4 is 10.6 Å². The van der Waals surface area contributed by atoms with Gasteiger partial charge in [0.05, 0.1) is 6.54 Å². The van der Waals surface area contributed by atoms with Gasteiger partial charge >= 0.3 is 0 Å². The summed E-state index contributed by atoms with van der Waals surface area (Å²) in [5.41, 5.74) is 4.35. The molecule has 1 heterocycles. The van der Waals surface area contributed by atoms with Gasteiger partial charge in [-0.3, -0.25) is 4.79 Å². The molecular formula is C24H32FIN4O. The number of carbonyl (C=O) groups is 1. The van der Waals surface area contributed by atoms with E-state index in [0.717, 1.165) is 60.7 Å². The number of hydrogen-bond donors (Lipinski definition) is 2. The van der Waals surface area contributed by atoms with E-state index in [9.17, 15) is 9.18 Å². The molecule has 168 valence electrons. The van der Waals surface area contributed by atoms with E-state index < -0.39 is 0 Å². The van der Waals surface area contributed by atoms with Crippen molar-refractivity contribution in [1.29, 1.82) is 0 Å². The average Bonchev–Trinajstić information content (AvgIpc) is 3.12. The molecule has 0 unspecified atom stereocenters. The Labute approximate surface area is 201 Å². The lowest BCUT2D eigenvalue weighted by atomic mass is 10.1. The molecule has 0 aromatic heterocycles. The Morgan fingerprint density at radius 2 is 1.97 bits per heavy atom. The minimum Gasteiger partial charge on any atom is -0.357 e. The fourth-order valence-corrected chi connectivity index (χ4v) is 3.69. The summed E-state index contributed by atoms with van der Waals surface area (Å²) in [5.74, 6) is 0.807. The van der Waals surface area contributed by atoms with Crippen molar-refractivity contribution in [2.24, 2.45) is 4.99 Å². The van der Waals surface area contributed by atoms with Crippen molar-refractivity contribution in [3.63, 3.8) is 0 Å². The van der Waals surface area contributed by atoms with Crippen LogP contribution in [0.15, 0.2) is 47.5 Å². The third kappa shape index (κ3) is 7.79. The number of amides is 1. The highest BCUT2D eigenvalue weighted by Crippen LogP contribution is 2.15. The van der Waals surface area contributed by atoms with Crippen molar-refractivity contribution < 1.29 is 9.18 Å². The average molecular weight is 538 g/mol. The number of aryl methyl sites for hydroxylation is 1. The zero-order valence-corrected chi connectivity index (χ0v) is 20.6. The maximum absolute atomic E-state index is 13.3. The van der Waals surface area contributed by atoms with Crippen molar-refractivity contribution in [1.82, 2.24) is 15.5 Å². The zero-order chi connectivity index (χ0) is 21.3. The summed E-state index contributed by atoms with van der Waals surface area (Å²) in [5, 5.41) is 6.62. The molecule has 1 aliphatic heterocycles. The van der Waals surface area contributed by atoms with E-state index in [1.165, 1.54) is 6.07 Å². The number of rotatable bonds is 8. The Balaban J connectivity index is 0.00000341. The van der Waals surface area contributed by atoms with Crippen LogP contribution in [0.4, 0.5) is 4.39 Å². The number of guanidine groups is 1. The molecule has 0 aliphatic carbocycles. The highest BCUT2D eigenvalue weighted by atomic mass is 127. The molecule has 0 atom stereocenters. The number of benzene rings is 2. The van der Waals surface area contributed by atoms with Gasteiger partial charge in [-0.05, 0) is 61.1 Å². The number of carbonyl (C=O) groups excluding carboxylic acids is 1. The Morgan fingerprint density at radius 1 is 1.16 bits per heavy atom. The fourth-order valence-electron chi connectivity index (χ4n) is 3.69. The van der Waals surface area contributed by atoms with Gasteiger partial charge in [-0.1, -0.05) is 30.3 Å². The number of aliphatic imine (C=N–C) groups is 1. The predicted octanol–water partition coefficient (Wildman–Crippen LogP) is 4.17. The molecule has 1 fully saturated rings. The van der Waals surface area contributed by atoms with Gasteiger partial charge in [0.15, 0.2) is 5.96 Å². The molecule has 31 heavy (non-hydrogen) atoms. The van der Waals surface area contributed by atoms with Gasteiger partial charge in [0.1, 0.15) is 5.82 Å². The van der Waals surface area contributed by atoms with Crippen molar-refractivity contribution in [2.75, 3.05) is 19.6 Å². The van der Waals surface area contributed by atoms with Crippen LogP contribution in [0.5, 0.6) is 0 Å². The van der Waals surface area contributed by atoms with Gasteiger partial charge in [-0.15, -0.1) is 24.0 Å². The molecular weight excluding hydrogens is 506 g/mol. The second-order valence-electron chi connectivity index (χ2n) is 7.68. The zero-order valence-electron chi connectivity index (χ0n) is 18.3. The van der Waals surface area contributed by atoms with Crippen molar-refractivity contribution in [2.45, 2.75) is 46.2 Å². The van der Waals surface area contributed by atoms with Gasteiger partial charge in [-0.2, -0.15) is 0 Å². The summed E-state index contributed by atoms with van der Waals surface area (Å²) in [6.07, 6.45) is 2.42. The Kier molecular flexibility index (Phi) is 10.2. The van der Waals surface area contributed by atoms with Gasteiger partial charge in [0.25, 0.3) is 0 Å². The summed E-state index contributed by atoms with van der Waals surface area (Å²) in [6, 6.07) is 13.2. The number of halogens is 2. The Morgan fingerprint density at radius 3 is 2.68 bits per heavy atom. The van der Waals surface area contributed by atoms with Crippen LogP contribution in [-0.4, -0.2) is 36.4 Å². The van der Waals surface area contributed by atoms with Crippen LogP contribution in [-0.2, 0) is 24.3 Å². The van der Waals surface area contributed by atoms with Gasteiger partial charge in [-0.25, -0.2) is 9.38 Å². The molecule has 1 aliphatic rings. The number of nitrogens with one attached hydrogen (secondary N) is 2. The molecule has 0 spiro atoms. The summed E-state index contributed by atoms with van der Waals surface area (Å²) in [7, 11) is 0. The summed E-state index contributed by atoms with van der Waals surface area (Å²) in [6.45, 7) is 7.55. The second-order valence-corrected chi connectivity index (χ2v) is 7.68. The SMILES string of the molecule is CCNC(=NCc1cccc(CN2CCCC2=O)c1)NCCc1ccc(F)cc1C.I. The van der Waals surface area contributed by atoms with Crippen molar-refractivity contribution in [3.8, 4) is 0 Å². The van der Waals surface area contributed by atoms with Crippen LogP contribution in [0, 0.1) is 12.7 Å². The third-order valence-electron chi connectivity index (χ3n) is 5.29. The summed E-state index contributed by atoms with van der Waals surface area (Å²) in [4.78, 5) is 18.5. The van der Waals surface area contributed by atoms with Gasteiger partial charge in [0, 0.05) is 32.6 Å². The van der Waals surface area contributed by atoms with E-state index in [1.807, 2.05) is 30.9 Å². The minimum absolute atomic E-state index is 0. The number of likely N-dealkylation sites (tertiary alicyclic amines) is 1. The minimum atomic E-state index is -0.199. The first-order valence-corrected chi connectivity index (χ1v) is 10.7. The Hall–Kier alpha value is -2.16. The van der Waals surface area contributed by atoms with E-state index in [4.69, 9.17) is 4.99 Å². The third-order valence-corrected chi connectivity index (χ3v) is 5.29. The van der Waals surface area contributed by atoms with E-state index in [0.29, 0.717) is 19.5 Å². The Bertz CT molecular complexity index is 903. The normalized spacial score (nSPS) is 13.8. The van der Waals surface area contributed by atoms with E-state index >= 15 is 0 Å². The standard InChI is InChI=1S/C24H31FN4O.HI/c1-3-26-24(27-12-11-21-9-10-22(25)14-18(21)2)28-16-19-6-4-7-20(15-19)17-29-13-5-8-23(29)30;/h4,6-7,9-10,14-15H,3,5,8,11-13,16-17H2,1-2H3,(H2,26,27,28);1H. The lowest BCUT2D eigenvalue weighted by Gasteiger charge is -2.16. The van der Waals surface area contributed by atoms with E-state index in [1.54, 1.807) is 6.07 Å². The second kappa shape index (κ2) is 12.6. The van der Waals surface area contributed by atoms with E-state index in [-0.39, 0.29) is 35.7 Å². The molecule has 0 saturated carbocycles. The monoisotopic (exact) mass is 538 g/mol. The summed E-state index contributed by atoms with van der Waals surface area (Å²) >= 11 is 0. The van der Waals surface area contributed by atoms with Crippen LogP contribution in [0.3, 0.4) is 0 Å². The number of nitrogens with zero attached hydrogens (tertiary/aromatic N) is 2. The summed E-state index contributed by atoms with van der Waals surface area (Å²) < 4.78 is 13.3. The maximum atomic E-state index is 13.3. The first kappa shape index (κ1) is 25.1. The topological polar surface area (TPSA) is 56.7 Å². The van der Waals surface area contributed by atoms with Crippen molar-refractivity contribution >= 4 is 35.8 Å². The van der Waals surface area contributed by atoms with Gasteiger partial charge < -0.3 is 15.5 Å². The molecule has 7 heteroatoms. The lowest BCUT2D eigenvalue weighted by molar-refractivity contribution is -0.128. The molecule has 1 saturated heterocycles. The first-order chi connectivity index (χ1) is 14.5. The molecule has 0 bridgehead atoms. The lowest BCUT2D eigenvalue weighted by Crippen LogP contribution is -2.38. The molecule has 0 radical (unpaired) electrons. The number of hydrogen-bond acceptors (Lipinski definition) is 2. The highest BCUT2D eigenvalue weighted by molar-refractivity contribution is 14.0. The molecule has 5 nitrogen and oxygen atoms in total. The van der Waals surface area contributed by atoms with Crippen LogP contribution >= 0.6 is 24.0 Å². The van der Waals surface area contributed by atoms with Gasteiger partial charge in [0.2, 0.25) is 5.91 Å². The molecule has 2 aromatic carbocycles. The maximum Gasteiger partial charge on any atom is 0.222 e. The smallest absolute Gasteiger partial charge is 0.222 e. The molecule has 3 rings (SSSR count). The quantitative estimate of drug-likeness (QED) is 0.302. The fraction of sp³-hybridized carbons (Fsp3) is 0.417. The largest absolute Gasteiger partial charge is 0.357 e. The first-order valence-electron chi connectivity index (χ1n) is 10.7. The van der Waals surface area contributed by atoms with Crippen LogP contribution in [0.25, 0.3) is 0 Å². The van der Waals surface area contributed by atoms with E-state index in [2.05, 4.69) is 28.8 Å². The van der Waals surface area contributed by atoms with Crippen LogP contribution in [0.2, 0.25) is 0 Å². The van der Waals surface area contributed by atoms with Crippen LogP contribution in [0.1, 0.15) is 42.0 Å². The molecule has 2 N–H and O–H groups in total. The molecule has 2 aromatic rings.